The van der Waals surface area contributed by atoms with E-state index in [0.717, 1.165) is 51.4 Å². The van der Waals surface area contributed by atoms with Crippen LogP contribution in [0.1, 0.15) is 79.1 Å². The van der Waals surface area contributed by atoms with Gasteiger partial charge in [0.1, 0.15) is 11.6 Å². The Labute approximate surface area is 142 Å². The molecule has 0 aliphatic carbocycles. The molecule has 0 fully saturated rings. The van der Waals surface area contributed by atoms with Gasteiger partial charge < -0.3 is 11.1 Å². The van der Waals surface area contributed by atoms with Crippen molar-refractivity contribution < 1.29 is 9.59 Å². The van der Waals surface area contributed by atoms with Crippen LogP contribution in [-0.2, 0) is 9.59 Å². The molecule has 4 nitrogen and oxygen atoms in total. The maximum Gasteiger partial charge on any atom is 0.149 e. The van der Waals surface area contributed by atoms with Crippen LogP contribution >= 0.6 is 0 Å². The summed E-state index contributed by atoms with van der Waals surface area (Å²) in [4.78, 5) is 22.9. The molecular weight excluding hydrogens is 288 g/mol. The van der Waals surface area contributed by atoms with Gasteiger partial charge in [0.25, 0.3) is 0 Å². The first kappa shape index (κ1) is 22.0. The number of hydrogen-bond acceptors (Lipinski definition) is 4. The molecular formula is C19H36N2O2. The summed E-state index contributed by atoms with van der Waals surface area (Å²) in [5.41, 5.74) is 4.87. The highest BCUT2D eigenvalue weighted by Gasteiger charge is 2.26. The van der Waals surface area contributed by atoms with E-state index in [4.69, 9.17) is 5.73 Å². The molecule has 0 aliphatic rings. The lowest BCUT2D eigenvalue weighted by Crippen LogP contribution is -2.46. The molecule has 0 heterocycles. The van der Waals surface area contributed by atoms with Crippen LogP contribution in [0.5, 0.6) is 0 Å². The van der Waals surface area contributed by atoms with Crippen LogP contribution in [0.25, 0.3) is 0 Å². The maximum absolute atomic E-state index is 11.6. The quantitative estimate of drug-likeness (QED) is 0.401. The van der Waals surface area contributed by atoms with Gasteiger partial charge in [-0.3, -0.25) is 9.59 Å². The van der Waals surface area contributed by atoms with Crippen molar-refractivity contribution in [2.24, 2.45) is 5.73 Å². The highest BCUT2D eigenvalue weighted by atomic mass is 16.1. The van der Waals surface area contributed by atoms with Crippen molar-refractivity contribution >= 4 is 11.6 Å². The van der Waals surface area contributed by atoms with E-state index in [1.807, 2.05) is 14.0 Å². The van der Waals surface area contributed by atoms with E-state index in [0.29, 0.717) is 0 Å². The summed E-state index contributed by atoms with van der Waals surface area (Å²) in [5, 5.41) is 3.13. The molecule has 2 atom stereocenters. The molecule has 0 saturated carbocycles. The van der Waals surface area contributed by atoms with Crippen molar-refractivity contribution in [2.75, 3.05) is 7.05 Å². The summed E-state index contributed by atoms with van der Waals surface area (Å²) in [6.07, 6.45) is 12.4. The lowest BCUT2D eigenvalue weighted by molar-refractivity contribution is -0.123. The van der Waals surface area contributed by atoms with E-state index in [9.17, 15) is 9.59 Å². The zero-order valence-electron chi connectivity index (χ0n) is 15.7. The highest BCUT2D eigenvalue weighted by Crippen LogP contribution is 2.16. The van der Waals surface area contributed by atoms with Crippen molar-refractivity contribution in [3.05, 3.63) is 12.2 Å². The number of carbonyl (C=O) groups excluding carboxylic acids is 2. The lowest BCUT2D eigenvalue weighted by Gasteiger charge is -2.26. The summed E-state index contributed by atoms with van der Waals surface area (Å²) >= 11 is 0. The number of likely N-dealkylation sites (N-methyl/N-ethyl adjacent to an activating group) is 1. The molecule has 0 bridgehead atoms. The summed E-state index contributed by atoms with van der Waals surface area (Å²) in [6.45, 7) is 6.99. The summed E-state index contributed by atoms with van der Waals surface area (Å²) in [7, 11) is 1.85. The Morgan fingerprint density at radius 3 is 1.96 bits per heavy atom. The van der Waals surface area contributed by atoms with E-state index < -0.39 is 5.54 Å². The number of rotatable bonds is 13. The van der Waals surface area contributed by atoms with Crippen LogP contribution in [-0.4, -0.2) is 29.7 Å². The van der Waals surface area contributed by atoms with Crippen molar-refractivity contribution in [2.45, 2.75) is 90.1 Å². The van der Waals surface area contributed by atoms with Crippen molar-refractivity contribution in [1.29, 1.82) is 0 Å². The molecule has 3 N–H and O–H groups in total. The van der Waals surface area contributed by atoms with Crippen molar-refractivity contribution in [3.8, 4) is 0 Å². The number of hydrogen-bond donors (Lipinski definition) is 2. The van der Waals surface area contributed by atoms with Crippen LogP contribution in [0.2, 0.25) is 0 Å². The Morgan fingerprint density at radius 2 is 1.48 bits per heavy atom. The predicted molar refractivity (Wildman–Crippen MR) is 97.5 cm³/mol. The topological polar surface area (TPSA) is 72.2 Å². The Morgan fingerprint density at radius 1 is 0.913 bits per heavy atom. The average molecular weight is 325 g/mol. The van der Waals surface area contributed by atoms with Crippen molar-refractivity contribution in [1.82, 2.24) is 5.32 Å². The number of allylic oxidation sites excluding steroid dienone is 2. The number of nitrogens with two attached hydrogens (primary N) is 1. The van der Waals surface area contributed by atoms with Gasteiger partial charge in [-0.15, -0.1) is 0 Å². The molecule has 0 aromatic rings. The molecule has 0 radical (unpaired) electrons. The van der Waals surface area contributed by atoms with Crippen LogP contribution in [0.15, 0.2) is 12.2 Å². The van der Waals surface area contributed by atoms with Gasteiger partial charge in [-0.05, 0) is 73.3 Å². The highest BCUT2D eigenvalue weighted by molar-refractivity contribution is 5.85. The molecule has 0 saturated heterocycles. The van der Waals surface area contributed by atoms with Gasteiger partial charge in [0.05, 0.1) is 11.1 Å². The minimum absolute atomic E-state index is 0.0561. The van der Waals surface area contributed by atoms with Gasteiger partial charge in [0, 0.05) is 0 Å². The smallest absolute Gasteiger partial charge is 0.149 e. The SMILES string of the molecule is CNC(C)(CCCCC/C=C/CCCC(C)(N)C(C)=O)C(C)=O. The summed E-state index contributed by atoms with van der Waals surface area (Å²) in [5.74, 6) is 0.262. The monoisotopic (exact) mass is 324 g/mol. The van der Waals surface area contributed by atoms with Crippen LogP contribution in [0, 0.1) is 0 Å². The number of unbranched alkanes of at least 4 members (excludes halogenated alkanes) is 4. The number of Topliss-reactive ketones (excluding diaryl/α,β-unsaturated/α-hetero) is 2. The van der Waals surface area contributed by atoms with Gasteiger partial charge in [0.2, 0.25) is 0 Å². The Kier molecular flexibility index (Phi) is 10.2. The third kappa shape index (κ3) is 9.01. The fourth-order valence-electron chi connectivity index (χ4n) is 2.39. The van der Waals surface area contributed by atoms with E-state index >= 15 is 0 Å². The van der Waals surface area contributed by atoms with Gasteiger partial charge in [-0.2, -0.15) is 0 Å². The molecule has 134 valence electrons. The normalized spacial score (nSPS) is 17.0. The molecule has 0 spiro atoms. The zero-order valence-corrected chi connectivity index (χ0v) is 15.7. The standard InChI is InChI=1S/C19H36N2O2/c1-16(22)18(3,20)14-12-10-8-6-7-9-11-13-15-19(4,21-5)17(2)23/h6,8,21H,7,9-15,20H2,1-5H3/b8-6+. The predicted octanol–water partition coefficient (Wildman–Crippen LogP) is 3.54. The second-order valence-electron chi connectivity index (χ2n) is 7.07. The first-order valence-electron chi connectivity index (χ1n) is 8.80. The molecule has 0 amide bonds. The average Bonchev–Trinajstić information content (AvgIpc) is 2.48. The van der Waals surface area contributed by atoms with Gasteiger partial charge in [-0.1, -0.05) is 25.0 Å². The zero-order chi connectivity index (χ0) is 17.9. The van der Waals surface area contributed by atoms with Gasteiger partial charge in [-0.25, -0.2) is 0 Å². The van der Waals surface area contributed by atoms with E-state index in [-0.39, 0.29) is 17.1 Å². The summed E-state index contributed by atoms with van der Waals surface area (Å²) < 4.78 is 0. The number of ketones is 2. The molecule has 0 aromatic carbocycles. The third-order valence-corrected chi connectivity index (χ3v) is 4.91. The van der Waals surface area contributed by atoms with Crippen LogP contribution in [0.4, 0.5) is 0 Å². The largest absolute Gasteiger partial charge is 0.319 e. The van der Waals surface area contributed by atoms with Gasteiger partial charge in [0.15, 0.2) is 0 Å². The fourth-order valence-corrected chi connectivity index (χ4v) is 2.39. The Bertz CT molecular complexity index is 402. The summed E-state index contributed by atoms with van der Waals surface area (Å²) in [6, 6.07) is 0. The molecule has 2 unspecified atom stereocenters. The third-order valence-electron chi connectivity index (χ3n) is 4.91. The van der Waals surface area contributed by atoms with E-state index in [1.54, 1.807) is 20.8 Å². The van der Waals surface area contributed by atoms with Gasteiger partial charge >= 0.3 is 0 Å². The molecule has 0 aromatic heterocycles. The molecule has 23 heavy (non-hydrogen) atoms. The molecule has 4 heteroatoms. The first-order chi connectivity index (χ1) is 10.7. The maximum atomic E-state index is 11.6. The van der Waals surface area contributed by atoms with Crippen LogP contribution < -0.4 is 11.1 Å². The van der Waals surface area contributed by atoms with Crippen molar-refractivity contribution in [3.63, 3.8) is 0 Å². The number of carbonyl (C=O) groups is 2. The van der Waals surface area contributed by atoms with Crippen LogP contribution in [0.3, 0.4) is 0 Å². The first-order valence-corrected chi connectivity index (χ1v) is 8.80. The van der Waals surface area contributed by atoms with E-state index in [1.165, 1.54) is 0 Å². The lowest BCUT2D eigenvalue weighted by atomic mass is 9.90. The Hall–Kier alpha value is -1.00. The minimum atomic E-state index is -0.676. The second kappa shape index (κ2) is 10.7. The minimum Gasteiger partial charge on any atom is -0.319 e. The fraction of sp³-hybridized carbons (Fsp3) is 0.789. The van der Waals surface area contributed by atoms with E-state index in [2.05, 4.69) is 17.5 Å². The molecule has 0 rings (SSSR count). The number of nitrogens with one attached hydrogen (secondary N) is 1. The Balaban J connectivity index is 3.70. The second-order valence-corrected chi connectivity index (χ2v) is 7.07. The molecule has 0 aliphatic heterocycles.